The number of hydrogen-bond acceptors (Lipinski definition) is 3. The summed E-state index contributed by atoms with van der Waals surface area (Å²) in [5.74, 6) is -0.336. The smallest absolute Gasteiger partial charge is 0.226 e. The number of nitrogens with one attached hydrogen (secondary N) is 1. The molecule has 25 heavy (non-hydrogen) atoms. The molecule has 128 valence electrons. The standard InChI is InChI=1S/C19H16ClFN2OS/c20-15-3-1-2-14(10-15)19-23-17(12-25-19)11-18(24)22-9-8-13-4-6-16(21)7-5-13/h1-7,10,12H,8-9,11H2,(H,22,24). The van der Waals surface area contributed by atoms with Gasteiger partial charge in [0.1, 0.15) is 10.8 Å². The van der Waals surface area contributed by atoms with Gasteiger partial charge in [0.25, 0.3) is 0 Å². The molecule has 0 atom stereocenters. The van der Waals surface area contributed by atoms with Crippen LogP contribution in [-0.2, 0) is 17.6 Å². The molecule has 2 aromatic carbocycles. The normalized spacial score (nSPS) is 10.6. The molecular formula is C19H16ClFN2OS. The second-order valence-electron chi connectivity index (χ2n) is 5.56. The van der Waals surface area contributed by atoms with Crippen LogP contribution in [0.2, 0.25) is 5.02 Å². The number of carbonyl (C=O) groups excluding carboxylic acids is 1. The van der Waals surface area contributed by atoms with E-state index >= 15 is 0 Å². The Bertz CT molecular complexity index is 864. The molecule has 0 aliphatic carbocycles. The Morgan fingerprint density at radius 3 is 2.76 bits per heavy atom. The molecule has 0 saturated carbocycles. The summed E-state index contributed by atoms with van der Waals surface area (Å²) in [5.41, 5.74) is 2.67. The molecule has 0 spiro atoms. The van der Waals surface area contributed by atoms with E-state index in [1.54, 1.807) is 12.1 Å². The van der Waals surface area contributed by atoms with Gasteiger partial charge in [-0.2, -0.15) is 0 Å². The number of carbonyl (C=O) groups is 1. The van der Waals surface area contributed by atoms with Crippen molar-refractivity contribution in [1.82, 2.24) is 10.3 Å². The lowest BCUT2D eigenvalue weighted by molar-refractivity contribution is -0.120. The quantitative estimate of drug-likeness (QED) is 0.690. The van der Waals surface area contributed by atoms with Crippen LogP contribution in [0.5, 0.6) is 0 Å². The Hall–Kier alpha value is -2.24. The van der Waals surface area contributed by atoms with Crippen LogP contribution in [0, 0.1) is 5.82 Å². The number of nitrogens with zero attached hydrogens (tertiary/aromatic N) is 1. The third-order valence-corrected chi connectivity index (χ3v) is 4.79. The summed E-state index contributed by atoms with van der Waals surface area (Å²) < 4.78 is 12.8. The second kappa shape index (κ2) is 8.23. The molecule has 0 saturated heterocycles. The van der Waals surface area contributed by atoms with Crippen LogP contribution < -0.4 is 5.32 Å². The lowest BCUT2D eigenvalue weighted by Gasteiger charge is -2.04. The highest BCUT2D eigenvalue weighted by molar-refractivity contribution is 7.13. The van der Waals surface area contributed by atoms with Crippen LogP contribution in [0.4, 0.5) is 4.39 Å². The second-order valence-corrected chi connectivity index (χ2v) is 6.85. The Kier molecular flexibility index (Phi) is 5.79. The molecule has 0 fully saturated rings. The van der Waals surface area contributed by atoms with Crippen molar-refractivity contribution in [3.63, 3.8) is 0 Å². The Balaban J connectivity index is 1.50. The Morgan fingerprint density at radius 1 is 1.20 bits per heavy atom. The monoisotopic (exact) mass is 374 g/mol. The Morgan fingerprint density at radius 2 is 2.00 bits per heavy atom. The molecule has 0 radical (unpaired) electrons. The topological polar surface area (TPSA) is 42.0 Å². The molecule has 1 aromatic heterocycles. The molecule has 0 aliphatic rings. The highest BCUT2D eigenvalue weighted by atomic mass is 35.5. The van der Waals surface area contributed by atoms with Gasteiger partial charge in [-0.25, -0.2) is 9.37 Å². The fourth-order valence-electron chi connectivity index (χ4n) is 2.37. The van der Waals surface area contributed by atoms with Gasteiger partial charge < -0.3 is 5.32 Å². The molecule has 1 N–H and O–H groups in total. The predicted molar refractivity (Wildman–Crippen MR) is 99.4 cm³/mol. The fourth-order valence-corrected chi connectivity index (χ4v) is 3.37. The first-order valence-corrected chi connectivity index (χ1v) is 9.07. The van der Waals surface area contributed by atoms with Gasteiger partial charge in [0.15, 0.2) is 0 Å². The van der Waals surface area contributed by atoms with Gasteiger partial charge >= 0.3 is 0 Å². The SMILES string of the molecule is O=C(Cc1csc(-c2cccc(Cl)c2)n1)NCCc1ccc(F)cc1. The molecular weight excluding hydrogens is 359 g/mol. The molecule has 1 amide bonds. The number of thiazole rings is 1. The first-order chi connectivity index (χ1) is 12.1. The summed E-state index contributed by atoms with van der Waals surface area (Å²) in [6, 6.07) is 13.8. The molecule has 1 heterocycles. The van der Waals surface area contributed by atoms with Gasteiger partial charge in [-0.05, 0) is 36.2 Å². The zero-order chi connectivity index (χ0) is 17.6. The number of aromatic nitrogens is 1. The van der Waals surface area contributed by atoms with E-state index in [0.717, 1.165) is 21.8 Å². The number of benzene rings is 2. The van der Waals surface area contributed by atoms with Crippen LogP contribution in [0.15, 0.2) is 53.9 Å². The van der Waals surface area contributed by atoms with E-state index in [4.69, 9.17) is 11.6 Å². The maximum absolute atomic E-state index is 12.8. The van der Waals surface area contributed by atoms with E-state index in [1.165, 1.54) is 23.5 Å². The van der Waals surface area contributed by atoms with Crippen molar-refractivity contribution in [1.29, 1.82) is 0 Å². The Labute approximate surface area is 154 Å². The van der Waals surface area contributed by atoms with Crippen molar-refractivity contribution >= 4 is 28.8 Å². The molecule has 6 heteroatoms. The highest BCUT2D eigenvalue weighted by Crippen LogP contribution is 2.26. The number of halogens is 2. The molecule has 3 aromatic rings. The van der Waals surface area contributed by atoms with Crippen molar-refractivity contribution in [2.24, 2.45) is 0 Å². The first kappa shape index (κ1) is 17.6. The highest BCUT2D eigenvalue weighted by Gasteiger charge is 2.09. The van der Waals surface area contributed by atoms with Crippen molar-refractivity contribution in [3.05, 3.63) is 76.0 Å². The summed E-state index contributed by atoms with van der Waals surface area (Å²) >= 11 is 7.48. The van der Waals surface area contributed by atoms with E-state index in [1.807, 2.05) is 29.6 Å². The van der Waals surface area contributed by atoms with Crippen LogP contribution >= 0.6 is 22.9 Å². The molecule has 3 nitrogen and oxygen atoms in total. The zero-order valence-electron chi connectivity index (χ0n) is 13.3. The average molecular weight is 375 g/mol. The van der Waals surface area contributed by atoms with Gasteiger partial charge in [-0.1, -0.05) is 35.9 Å². The van der Waals surface area contributed by atoms with Crippen molar-refractivity contribution in [3.8, 4) is 10.6 Å². The maximum atomic E-state index is 12.8. The average Bonchev–Trinajstić information content (AvgIpc) is 3.05. The third kappa shape index (κ3) is 5.11. The minimum atomic E-state index is -0.258. The number of amides is 1. The summed E-state index contributed by atoms with van der Waals surface area (Å²) in [4.78, 5) is 16.5. The zero-order valence-corrected chi connectivity index (χ0v) is 14.9. The summed E-state index contributed by atoms with van der Waals surface area (Å²) in [6.45, 7) is 0.510. The summed E-state index contributed by atoms with van der Waals surface area (Å²) in [5, 5.41) is 6.25. The predicted octanol–water partition coefficient (Wildman–Crippen LogP) is 4.50. The number of hydrogen-bond donors (Lipinski definition) is 1. The largest absolute Gasteiger partial charge is 0.355 e. The molecule has 0 aliphatic heterocycles. The van der Waals surface area contributed by atoms with Gasteiger partial charge in [0.2, 0.25) is 5.91 Å². The van der Waals surface area contributed by atoms with E-state index < -0.39 is 0 Å². The summed E-state index contributed by atoms with van der Waals surface area (Å²) in [6.07, 6.45) is 0.900. The van der Waals surface area contributed by atoms with Crippen LogP contribution in [0.3, 0.4) is 0 Å². The third-order valence-electron chi connectivity index (χ3n) is 3.61. The minimum Gasteiger partial charge on any atom is -0.355 e. The van der Waals surface area contributed by atoms with E-state index in [2.05, 4.69) is 10.3 Å². The lowest BCUT2D eigenvalue weighted by Crippen LogP contribution is -2.27. The molecule has 0 bridgehead atoms. The maximum Gasteiger partial charge on any atom is 0.226 e. The first-order valence-electron chi connectivity index (χ1n) is 7.81. The number of rotatable bonds is 6. The van der Waals surface area contributed by atoms with Gasteiger partial charge in [0, 0.05) is 22.5 Å². The van der Waals surface area contributed by atoms with Gasteiger partial charge in [0.05, 0.1) is 12.1 Å². The van der Waals surface area contributed by atoms with Crippen molar-refractivity contribution in [2.75, 3.05) is 6.54 Å². The van der Waals surface area contributed by atoms with Crippen LogP contribution in [0.25, 0.3) is 10.6 Å². The van der Waals surface area contributed by atoms with Gasteiger partial charge in [-0.15, -0.1) is 11.3 Å². The van der Waals surface area contributed by atoms with Crippen molar-refractivity contribution in [2.45, 2.75) is 12.8 Å². The lowest BCUT2D eigenvalue weighted by atomic mass is 10.1. The van der Waals surface area contributed by atoms with E-state index in [9.17, 15) is 9.18 Å². The minimum absolute atomic E-state index is 0.0787. The van der Waals surface area contributed by atoms with Crippen LogP contribution in [-0.4, -0.2) is 17.4 Å². The summed E-state index contributed by atoms with van der Waals surface area (Å²) in [7, 11) is 0. The van der Waals surface area contributed by atoms with E-state index in [-0.39, 0.29) is 18.1 Å². The fraction of sp³-hybridized carbons (Fsp3) is 0.158. The van der Waals surface area contributed by atoms with Crippen molar-refractivity contribution < 1.29 is 9.18 Å². The van der Waals surface area contributed by atoms with Gasteiger partial charge in [-0.3, -0.25) is 4.79 Å². The molecule has 0 unspecified atom stereocenters. The van der Waals surface area contributed by atoms with Crippen LogP contribution in [0.1, 0.15) is 11.3 Å². The van der Waals surface area contributed by atoms with E-state index in [0.29, 0.717) is 18.0 Å². The molecule has 3 rings (SSSR count).